The van der Waals surface area contributed by atoms with E-state index in [4.69, 9.17) is 4.74 Å². The maximum atomic E-state index is 12.3. The van der Waals surface area contributed by atoms with Crippen molar-refractivity contribution in [1.82, 2.24) is 5.32 Å². The highest BCUT2D eigenvalue weighted by molar-refractivity contribution is 5.94. The van der Waals surface area contributed by atoms with E-state index in [9.17, 15) is 4.79 Å². The summed E-state index contributed by atoms with van der Waals surface area (Å²) in [5, 5.41) is 3.11. The second kappa shape index (κ2) is 5.37. The Morgan fingerprint density at radius 3 is 2.65 bits per heavy atom. The summed E-state index contributed by atoms with van der Waals surface area (Å²) < 4.78 is 5.10. The summed E-state index contributed by atoms with van der Waals surface area (Å²) in [6, 6.07) is 15.6. The van der Waals surface area contributed by atoms with Crippen LogP contribution in [0.25, 0.3) is 0 Å². The van der Waals surface area contributed by atoms with E-state index in [2.05, 4.69) is 17.4 Å². The Balaban J connectivity index is 1.73. The molecule has 0 saturated heterocycles. The predicted molar refractivity (Wildman–Crippen MR) is 78.0 cm³/mol. The summed E-state index contributed by atoms with van der Waals surface area (Å²) in [7, 11) is 1.62. The molecule has 0 bridgehead atoms. The molecule has 1 unspecified atom stereocenters. The van der Waals surface area contributed by atoms with Crippen molar-refractivity contribution in [2.24, 2.45) is 0 Å². The first kappa shape index (κ1) is 12.7. The number of hydrogen-bond acceptors (Lipinski definition) is 2. The molecule has 3 nitrogen and oxygen atoms in total. The molecule has 1 amide bonds. The van der Waals surface area contributed by atoms with Crippen LogP contribution in [0.1, 0.15) is 33.9 Å². The lowest BCUT2D eigenvalue weighted by Gasteiger charge is -2.14. The third-order valence-corrected chi connectivity index (χ3v) is 3.79. The number of carbonyl (C=O) groups excluding carboxylic acids is 1. The Hall–Kier alpha value is -2.29. The molecule has 1 atom stereocenters. The van der Waals surface area contributed by atoms with Crippen LogP contribution in [0.15, 0.2) is 48.5 Å². The van der Waals surface area contributed by atoms with Gasteiger partial charge >= 0.3 is 0 Å². The van der Waals surface area contributed by atoms with E-state index in [0.29, 0.717) is 5.56 Å². The number of ether oxygens (including phenoxy) is 1. The standard InChI is InChI=1S/C17H17NO2/c1-20-14-9-6-13(7-10-14)17(19)18-16-11-8-12-4-2-3-5-15(12)16/h2-7,9-10,16H,8,11H2,1H3,(H,18,19). The lowest BCUT2D eigenvalue weighted by molar-refractivity contribution is 0.0936. The highest BCUT2D eigenvalue weighted by Gasteiger charge is 2.23. The average molecular weight is 267 g/mol. The summed E-state index contributed by atoms with van der Waals surface area (Å²) in [6.07, 6.45) is 2.00. The highest BCUT2D eigenvalue weighted by Crippen LogP contribution is 2.30. The van der Waals surface area contributed by atoms with E-state index >= 15 is 0 Å². The summed E-state index contributed by atoms with van der Waals surface area (Å²) in [4.78, 5) is 12.3. The van der Waals surface area contributed by atoms with Gasteiger partial charge < -0.3 is 10.1 Å². The number of methoxy groups -OCH3 is 1. The molecule has 0 heterocycles. The van der Waals surface area contributed by atoms with Gasteiger partial charge in [0.05, 0.1) is 13.2 Å². The first-order valence-electron chi connectivity index (χ1n) is 6.80. The monoisotopic (exact) mass is 267 g/mol. The lowest BCUT2D eigenvalue weighted by atomic mass is 10.1. The minimum Gasteiger partial charge on any atom is -0.497 e. The van der Waals surface area contributed by atoms with Crippen molar-refractivity contribution in [3.8, 4) is 5.75 Å². The molecule has 3 rings (SSSR count). The Morgan fingerprint density at radius 2 is 1.90 bits per heavy atom. The molecule has 0 aromatic heterocycles. The van der Waals surface area contributed by atoms with Gasteiger partial charge in [0.1, 0.15) is 5.75 Å². The molecule has 3 heteroatoms. The average Bonchev–Trinajstić information content (AvgIpc) is 2.91. The van der Waals surface area contributed by atoms with Gasteiger partial charge in [0.25, 0.3) is 5.91 Å². The Morgan fingerprint density at radius 1 is 1.15 bits per heavy atom. The number of carbonyl (C=O) groups is 1. The molecule has 1 N–H and O–H groups in total. The summed E-state index contributed by atoms with van der Waals surface area (Å²) in [5.74, 6) is 0.724. The lowest BCUT2D eigenvalue weighted by Crippen LogP contribution is -2.27. The Labute approximate surface area is 118 Å². The van der Waals surface area contributed by atoms with Crippen molar-refractivity contribution in [3.63, 3.8) is 0 Å². The van der Waals surface area contributed by atoms with Gasteiger partial charge in [0.2, 0.25) is 0 Å². The topological polar surface area (TPSA) is 38.3 Å². The first-order valence-corrected chi connectivity index (χ1v) is 6.80. The number of fused-ring (bicyclic) bond motifs is 1. The van der Waals surface area contributed by atoms with Gasteiger partial charge in [-0.05, 0) is 48.2 Å². The number of amides is 1. The van der Waals surface area contributed by atoms with Crippen LogP contribution in [0.4, 0.5) is 0 Å². The van der Waals surface area contributed by atoms with Crippen molar-refractivity contribution in [3.05, 3.63) is 65.2 Å². The summed E-state index contributed by atoms with van der Waals surface area (Å²) in [6.45, 7) is 0. The van der Waals surface area contributed by atoms with Gasteiger partial charge in [0.15, 0.2) is 0 Å². The molecule has 2 aromatic rings. The zero-order valence-corrected chi connectivity index (χ0v) is 11.4. The van der Waals surface area contributed by atoms with E-state index in [1.54, 1.807) is 31.4 Å². The Kier molecular flexibility index (Phi) is 3.42. The third-order valence-electron chi connectivity index (χ3n) is 3.79. The molecule has 0 spiro atoms. The quantitative estimate of drug-likeness (QED) is 0.928. The third kappa shape index (κ3) is 2.39. The van der Waals surface area contributed by atoms with Crippen LogP contribution < -0.4 is 10.1 Å². The minimum absolute atomic E-state index is 0.0330. The van der Waals surface area contributed by atoms with Gasteiger partial charge in [0, 0.05) is 5.56 Å². The largest absolute Gasteiger partial charge is 0.497 e. The van der Waals surface area contributed by atoms with Crippen molar-refractivity contribution >= 4 is 5.91 Å². The maximum absolute atomic E-state index is 12.3. The number of hydrogen-bond donors (Lipinski definition) is 1. The second-order valence-corrected chi connectivity index (χ2v) is 4.99. The van der Waals surface area contributed by atoms with Gasteiger partial charge in [-0.3, -0.25) is 4.79 Å². The smallest absolute Gasteiger partial charge is 0.251 e. The summed E-state index contributed by atoms with van der Waals surface area (Å²) >= 11 is 0. The van der Waals surface area contributed by atoms with E-state index < -0.39 is 0 Å². The van der Waals surface area contributed by atoms with Crippen molar-refractivity contribution < 1.29 is 9.53 Å². The molecule has 102 valence electrons. The summed E-state index contributed by atoms with van der Waals surface area (Å²) in [5.41, 5.74) is 3.25. The fourth-order valence-corrected chi connectivity index (χ4v) is 2.69. The normalized spacial score (nSPS) is 16.6. The number of benzene rings is 2. The van der Waals surface area contributed by atoms with E-state index in [0.717, 1.165) is 18.6 Å². The molecule has 0 aliphatic heterocycles. The molecule has 1 aliphatic rings. The van der Waals surface area contributed by atoms with Crippen LogP contribution in [0, 0.1) is 0 Å². The fraction of sp³-hybridized carbons (Fsp3) is 0.235. The first-order chi connectivity index (χ1) is 9.78. The van der Waals surface area contributed by atoms with Crippen molar-refractivity contribution in [2.45, 2.75) is 18.9 Å². The van der Waals surface area contributed by atoms with Crippen LogP contribution in [0.3, 0.4) is 0 Å². The number of nitrogens with one attached hydrogen (secondary N) is 1. The predicted octanol–water partition coefficient (Wildman–Crippen LogP) is 3.11. The Bertz CT molecular complexity index is 619. The molecule has 20 heavy (non-hydrogen) atoms. The van der Waals surface area contributed by atoms with Crippen LogP contribution in [-0.4, -0.2) is 13.0 Å². The maximum Gasteiger partial charge on any atom is 0.251 e. The van der Waals surface area contributed by atoms with Crippen LogP contribution in [0.2, 0.25) is 0 Å². The molecular formula is C17H17NO2. The molecule has 0 saturated carbocycles. The van der Waals surface area contributed by atoms with Crippen LogP contribution in [-0.2, 0) is 6.42 Å². The zero-order valence-electron chi connectivity index (χ0n) is 11.4. The van der Waals surface area contributed by atoms with Crippen LogP contribution in [0.5, 0.6) is 5.75 Å². The molecular weight excluding hydrogens is 250 g/mol. The van der Waals surface area contributed by atoms with Gasteiger partial charge in [-0.2, -0.15) is 0 Å². The van der Waals surface area contributed by atoms with Crippen molar-refractivity contribution in [1.29, 1.82) is 0 Å². The minimum atomic E-state index is -0.0330. The number of aryl methyl sites for hydroxylation is 1. The van der Waals surface area contributed by atoms with Crippen molar-refractivity contribution in [2.75, 3.05) is 7.11 Å². The van der Waals surface area contributed by atoms with E-state index in [1.807, 2.05) is 12.1 Å². The zero-order chi connectivity index (χ0) is 13.9. The molecule has 1 aliphatic carbocycles. The van der Waals surface area contributed by atoms with E-state index in [-0.39, 0.29) is 11.9 Å². The SMILES string of the molecule is COc1ccc(C(=O)NC2CCc3ccccc32)cc1. The molecule has 2 aromatic carbocycles. The van der Waals surface area contributed by atoms with Gasteiger partial charge in [-0.1, -0.05) is 24.3 Å². The second-order valence-electron chi connectivity index (χ2n) is 4.99. The fourth-order valence-electron chi connectivity index (χ4n) is 2.69. The molecule has 0 fully saturated rings. The van der Waals surface area contributed by atoms with E-state index in [1.165, 1.54) is 11.1 Å². The number of rotatable bonds is 3. The molecule has 0 radical (unpaired) electrons. The van der Waals surface area contributed by atoms with Gasteiger partial charge in [-0.25, -0.2) is 0 Å². The van der Waals surface area contributed by atoms with Gasteiger partial charge in [-0.15, -0.1) is 0 Å². The highest BCUT2D eigenvalue weighted by atomic mass is 16.5. The van der Waals surface area contributed by atoms with Crippen LogP contribution >= 0.6 is 0 Å².